The summed E-state index contributed by atoms with van der Waals surface area (Å²) < 4.78 is 0. The van der Waals surface area contributed by atoms with Crippen molar-refractivity contribution in [2.24, 2.45) is 17.8 Å². The van der Waals surface area contributed by atoms with Gasteiger partial charge in [0.15, 0.2) is 5.78 Å². The summed E-state index contributed by atoms with van der Waals surface area (Å²) in [5.74, 6) is 2.35. The Bertz CT molecular complexity index is 386. The highest BCUT2D eigenvalue weighted by Gasteiger charge is 2.47. The van der Waals surface area contributed by atoms with Crippen LogP contribution in [-0.4, -0.2) is 10.8 Å². The first-order valence-corrected chi connectivity index (χ1v) is 5.71. The fourth-order valence-electron chi connectivity index (χ4n) is 2.78. The fraction of sp³-hybridized carbons (Fsp3) is 0.538. The van der Waals surface area contributed by atoms with Crippen LogP contribution in [0.1, 0.15) is 35.3 Å². The number of fused-ring (bicyclic) bond motifs is 1. The molecule has 3 rings (SSSR count). The molecule has 0 aliphatic heterocycles. The molecule has 2 nitrogen and oxygen atoms in total. The third kappa shape index (κ3) is 1.58. The maximum Gasteiger partial charge on any atom is 0.167 e. The van der Waals surface area contributed by atoms with Gasteiger partial charge in [-0.1, -0.05) is 0 Å². The molecule has 0 saturated heterocycles. The second-order valence-corrected chi connectivity index (χ2v) is 4.98. The average molecular weight is 201 g/mol. The summed E-state index contributed by atoms with van der Waals surface area (Å²) in [6, 6.07) is 3.83. The van der Waals surface area contributed by atoms with Gasteiger partial charge in [-0.15, -0.1) is 0 Å². The summed E-state index contributed by atoms with van der Waals surface area (Å²) in [6.45, 7) is 1.94. The number of ketones is 1. The van der Waals surface area contributed by atoms with Gasteiger partial charge < -0.3 is 0 Å². The number of hydrogen-bond donors (Lipinski definition) is 0. The van der Waals surface area contributed by atoms with Crippen molar-refractivity contribution in [2.45, 2.75) is 26.2 Å². The maximum atomic E-state index is 12.1. The van der Waals surface area contributed by atoms with Crippen LogP contribution >= 0.6 is 0 Å². The SMILES string of the molecule is Cc1ccc(C(=O)C2CC3CC3C2)cn1. The van der Waals surface area contributed by atoms with Gasteiger partial charge in [0.2, 0.25) is 0 Å². The highest BCUT2D eigenvalue weighted by atomic mass is 16.1. The summed E-state index contributed by atoms with van der Waals surface area (Å²) in [6.07, 6.45) is 5.34. The molecule has 0 amide bonds. The molecule has 2 unspecified atom stereocenters. The van der Waals surface area contributed by atoms with Gasteiger partial charge in [-0.2, -0.15) is 0 Å². The number of hydrogen-bond acceptors (Lipinski definition) is 2. The summed E-state index contributed by atoms with van der Waals surface area (Å²) >= 11 is 0. The second kappa shape index (κ2) is 3.16. The minimum atomic E-state index is 0.290. The van der Waals surface area contributed by atoms with E-state index in [2.05, 4.69) is 4.98 Å². The van der Waals surface area contributed by atoms with Crippen molar-refractivity contribution in [2.75, 3.05) is 0 Å². The van der Waals surface area contributed by atoms with Gasteiger partial charge >= 0.3 is 0 Å². The number of rotatable bonds is 2. The van der Waals surface area contributed by atoms with Crippen molar-refractivity contribution < 1.29 is 4.79 Å². The largest absolute Gasteiger partial charge is 0.294 e. The van der Waals surface area contributed by atoms with E-state index < -0.39 is 0 Å². The Kier molecular flexibility index (Phi) is 1.91. The van der Waals surface area contributed by atoms with E-state index in [9.17, 15) is 4.79 Å². The molecular weight excluding hydrogens is 186 g/mol. The number of aromatic nitrogens is 1. The molecule has 78 valence electrons. The molecule has 1 heterocycles. The molecule has 1 aromatic heterocycles. The van der Waals surface area contributed by atoms with Crippen molar-refractivity contribution in [1.82, 2.24) is 4.98 Å². The van der Waals surface area contributed by atoms with Crippen LogP contribution in [0, 0.1) is 24.7 Å². The molecule has 2 aliphatic rings. The van der Waals surface area contributed by atoms with E-state index in [1.165, 1.54) is 6.42 Å². The zero-order valence-corrected chi connectivity index (χ0v) is 8.94. The van der Waals surface area contributed by atoms with E-state index in [1.54, 1.807) is 6.20 Å². The third-order valence-corrected chi connectivity index (χ3v) is 3.81. The lowest BCUT2D eigenvalue weighted by atomic mass is 9.94. The highest BCUT2D eigenvalue weighted by molar-refractivity contribution is 5.97. The zero-order valence-electron chi connectivity index (χ0n) is 8.94. The first-order valence-electron chi connectivity index (χ1n) is 5.71. The predicted molar refractivity (Wildman–Crippen MR) is 57.6 cm³/mol. The summed E-state index contributed by atoms with van der Waals surface area (Å²) in [7, 11) is 0. The van der Waals surface area contributed by atoms with Gasteiger partial charge in [0.1, 0.15) is 0 Å². The topological polar surface area (TPSA) is 30.0 Å². The molecule has 0 spiro atoms. The van der Waals surface area contributed by atoms with Crippen LogP contribution in [0.25, 0.3) is 0 Å². The highest BCUT2D eigenvalue weighted by Crippen LogP contribution is 2.54. The van der Waals surface area contributed by atoms with E-state index in [0.29, 0.717) is 11.7 Å². The molecule has 0 bridgehead atoms. The van der Waals surface area contributed by atoms with Crippen LogP contribution in [-0.2, 0) is 0 Å². The van der Waals surface area contributed by atoms with Gasteiger partial charge in [-0.3, -0.25) is 9.78 Å². The second-order valence-electron chi connectivity index (χ2n) is 4.98. The van der Waals surface area contributed by atoms with Gasteiger partial charge in [0, 0.05) is 23.4 Å². The minimum Gasteiger partial charge on any atom is -0.294 e. The number of carbonyl (C=O) groups is 1. The molecule has 0 aromatic carbocycles. The third-order valence-electron chi connectivity index (χ3n) is 3.81. The number of aryl methyl sites for hydroxylation is 1. The number of Topliss-reactive ketones (excluding diaryl/α,β-unsaturated/α-hetero) is 1. The van der Waals surface area contributed by atoms with Gasteiger partial charge in [0.05, 0.1) is 0 Å². The monoisotopic (exact) mass is 201 g/mol. The number of pyridine rings is 1. The number of nitrogens with zero attached hydrogens (tertiary/aromatic N) is 1. The summed E-state index contributed by atoms with van der Waals surface area (Å²) in [4.78, 5) is 16.3. The molecule has 2 fully saturated rings. The van der Waals surface area contributed by atoms with Crippen LogP contribution in [0.2, 0.25) is 0 Å². The van der Waals surface area contributed by atoms with E-state index in [1.807, 2.05) is 19.1 Å². The Morgan fingerprint density at radius 1 is 1.27 bits per heavy atom. The van der Waals surface area contributed by atoms with Crippen LogP contribution in [0.3, 0.4) is 0 Å². The van der Waals surface area contributed by atoms with Crippen LogP contribution in [0.5, 0.6) is 0 Å². The Morgan fingerprint density at radius 2 is 2.00 bits per heavy atom. The molecule has 0 radical (unpaired) electrons. The zero-order chi connectivity index (χ0) is 10.4. The van der Waals surface area contributed by atoms with Crippen LogP contribution in [0.4, 0.5) is 0 Å². The molecule has 2 atom stereocenters. The summed E-state index contributed by atoms with van der Waals surface area (Å²) in [5.41, 5.74) is 1.77. The molecular formula is C13H15NO. The van der Waals surface area contributed by atoms with Crippen molar-refractivity contribution in [3.8, 4) is 0 Å². The smallest absolute Gasteiger partial charge is 0.167 e. The normalized spacial score (nSPS) is 32.5. The molecule has 2 aliphatic carbocycles. The van der Waals surface area contributed by atoms with Crippen LogP contribution in [0.15, 0.2) is 18.3 Å². The van der Waals surface area contributed by atoms with Crippen molar-refractivity contribution >= 4 is 5.78 Å². The lowest BCUT2D eigenvalue weighted by molar-refractivity contribution is 0.0914. The Morgan fingerprint density at radius 3 is 2.60 bits per heavy atom. The van der Waals surface area contributed by atoms with Crippen LogP contribution < -0.4 is 0 Å². The Labute approximate surface area is 89.7 Å². The lowest BCUT2D eigenvalue weighted by Crippen LogP contribution is -2.13. The van der Waals surface area contributed by atoms with Crippen molar-refractivity contribution in [3.63, 3.8) is 0 Å². The van der Waals surface area contributed by atoms with E-state index >= 15 is 0 Å². The van der Waals surface area contributed by atoms with E-state index in [4.69, 9.17) is 0 Å². The molecule has 2 heteroatoms. The maximum absolute atomic E-state index is 12.1. The van der Waals surface area contributed by atoms with Gasteiger partial charge in [-0.05, 0) is 50.2 Å². The molecule has 15 heavy (non-hydrogen) atoms. The first-order chi connectivity index (χ1) is 7.24. The van der Waals surface area contributed by atoms with Crippen molar-refractivity contribution in [3.05, 3.63) is 29.6 Å². The fourth-order valence-corrected chi connectivity index (χ4v) is 2.78. The summed E-state index contributed by atoms with van der Waals surface area (Å²) in [5, 5.41) is 0. The molecule has 0 N–H and O–H groups in total. The molecule has 2 saturated carbocycles. The van der Waals surface area contributed by atoms with E-state index in [-0.39, 0.29) is 0 Å². The standard InChI is InChI=1S/C13H15NO/c1-8-2-3-9(7-14-8)13(15)12-5-10-4-11(10)6-12/h2-3,7,10-12H,4-6H2,1H3. The van der Waals surface area contributed by atoms with Gasteiger partial charge in [0.25, 0.3) is 0 Å². The van der Waals surface area contributed by atoms with E-state index in [0.717, 1.165) is 35.9 Å². The Balaban J connectivity index is 1.76. The van der Waals surface area contributed by atoms with Crippen molar-refractivity contribution in [1.29, 1.82) is 0 Å². The first kappa shape index (κ1) is 9.08. The van der Waals surface area contributed by atoms with Gasteiger partial charge in [-0.25, -0.2) is 0 Å². The number of carbonyl (C=O) groups excluding carboxylic acids is 1. The average Bonchev–Trinajstić information content (AvgIpc) is 2.86. The Hall–Kier alpha value is -1.18. The molecule has 1 aromatic rings. The quantitative estimate of drug-likeness (QED) is 0.688. The minimum absolute atomic E-state index is 0.290. The lowest BCUT2D eigenvalue weighted by Gasteiger charge is -2.09. The predicted octanol–water partition coefficient (Wildman–Crippen LogP) is 2.62.